The third-order valence-electron chi connectivity index (χ3n) is 17.9. The van der Waals surface area contributed by atoms with Gasteiger partial charge in [0.1, 0.15) is 5.58 Å². The van der Waals surface area contributed by atoms with Crippen molar-refractivity contribution in [2.75, 3.05) is 9.80 Å². The third kappa shape index (κ3) is 7.25. The molecular weight excluding hydrogens is 824 g/mol. The summed E-state index contributed by atoms with van der Waals surface area (Å²) in [5.41, 5.74) is 24.1. The van der Waals surface area contributed by atoms with E-state index < -0.39 is 0 Å². The Balaban J connectivity index is 1.33. The van der Waals surface area contributed by atoms with Crippen LogP contribution in [-0.2, 0) is 38.9 Å². The van der Waals surface area contributed by atoms with E-state index in [4.69, 9.17) is 4.42 Å². The highest BCUT2D eigenvalue weighted by Crippen LogP contribution is 2.54. The topological polar surface area (TPSA) is 19.6 Å². The molecule has 0 spiro atoms. The van der Waals surface area contributed by atoms with Crippen LogP contribution >= 0.6 is 0 Å². The van der Waals surface area contributed by atoms with Gasteiger partial charge >= 0.3 is 0 Å². The van der Waals surface area contributed by atoms with Gasteiger partial charge in [-0.25, -0.2) is 0 Å². The second-order valence-corrected chi connectivity index (χ2v) is 26.4. The summed E-state index contributed by atoms with van der Waals surface area (Å²) in [6.45, 7) is 40.9. The second kappa shape index (κ2) is 15.7. The van der Waals surface area contributed by atoms with Crippen LogP contribution in [0.4, 0.5) is 34.1 Å². The number of unbranched alkanes of at least 4 members (excludes halogenated alkanes) is 1. The Morgan fingerprint density at radius 1 is 0.618 bits per heavy atom. The van der Waals surface area contributed by atoms with Crippen LogP contribution < -0.4 is 26.4 Å². The van der Waals surface area contributed by atoms with Crippen LogP contribution in [0.15, 0.2) is 83.3 Å². The fraction of sp³-hybridized carbons (Fsp3) is 0.500. The third-order valence-corrected chi connectivity index (χ3v) is 17.9. The van der Waals surface area contributed by atoms with E-state index in [1.165, 1.54) is 133 Å². The largest absolute Gasteiger partial charge is 0.468 e. The monoisotopic (exact) mass is 905 g/mol. The average molecular weight is 905 g/mol. The SMILES string of the molecule is CCCCC(C)(C)c1ccc(N2c3ccc(C(C)(C)C)cc3B3c4oc5cc6c(cc5c4N(c4ccc5c(c4)C(C)(C)CCC5(C)C)c4cc(C(C)C)cc2c43)C(C)(C)CCC6(C)C)cc1CC. The van der Waals surface area contributed by atoms with Crippen LogP contribution in [0.25, 0.3) is 11.0 Å². The normalized spacial score (nSPS) is 18.6. The predicted octanol–water partition coefficient (Wildman–Crippen LogP) is 16.7. The van der Waals surface area contributed by atoms with Crippen molar-refractivity contribution in [3.05, 3.63) is 123 Å². The van der Waals surface area contributed by atoms with Crippen LogP contribution in [0.1, 0.15) is 213 Å². The first-order chi connectivity index (χ1) is 31.8. The molecule has 356 valence electrons. The van der Waals surface area contributed by atoms with Gasteiger partial charge in [-0.15, -0.1) is 0 Å². The van der Waals surface area contributed by atoms with Crippen molar-refractivity contribution in [3.8, 4) is 0 Å². The van der Waals surface area contributed by atoms with Crippen LogP contribution in [0.3, 0.4) is 0 Å². The zero-order valence-corrected chi connectivity index (χ0v) is 45.1. The predicted molar refractivity (Wildman–Crippen MR) is 296 cm³/mol. The minimum Gasteiger partial charge on any atom is -0.468 e. The number of benzene rings is 5. The molecule has 4 aliphatic rings. The van der Waals surface area contributed by atoms with Gasteiger partial charge in [-0.2, -0.15) is 0 Å². The van der Waals surface area contributed by atoms with Gasteiger partial charge in [0.15, 0.2) is 0 Å². The lowest BCUT2D eigenvalue weighted by Crippen LogP contribution is -2.61. The van der Waals surface area contributed by atoms with Crippen LogP contribution in [0, 0.1) is 0 Å². The highest BCUT2D eigenvalue weighted by molar-refractivity contribution is 7.00. The number of hydrogen-bond donors (Lipinski definition) is 0. The Hall–Kier alpha value is -4.70. The molecular formula is C64H81BN2O. The van der Waals surface area contributed by atoms with E-state index in [2.05, 4.69) is 206 Å². The molecule has 2 aliphatic heterocycles. The number of anilines is 6. The Morgan fingerprint density at radius 2 is 1.19 bits per heavy atom. The summed E-state index contributed by atoms with van der Waals surface area (Å²) in [5.74, 6) is 0.317. The van der Waals surface area contributed by atoms with Crippen LogP contribution in [-0.4, -0.2) is 6.71 Å². The summed E-state index contributed by atoms with van der Waals surface area (Å²) in [4.78, 5) is 5.31. The molecule has 0 fully saturated rings. The van der Waals surface area contributed by atoms with E-state index in [0.717, 1.165) is 24.1 Å². The van der Waals surface area contributed by atoms with Gasteiger partial charge in [-0.05, 0) is 187 Å². The molecule has 5 aromatic carbocycles. The standard InChI is InChI=1S/C64H81BN2O/c1-18-20-27-60(8,9)46-24-22-43(32-40(46)19-2)66-52-26-21-42(59(5,6)7)35-51(52)65-56-53(66)33-41(39(3)4)34-54(56)67(44-23-25-47-48(36-44)62(12,13)29-28-61(47,10)11)57-45-37-49-50(38-55(45)68-58(57)65)64(16,17)31-30-63(49,14)15/h21-26,32-39H,18-20,27-31H2,1-17H3. The van der Waals surface area contributed by atoms with Crippen LogP contribution in [0.2, 0.25) is 0 Å². The Kier molecular flexibility index (Phi) is 10.8. The van der Waals surface area contributed by atoms with Gasteiger partial charge < -0.3 is 14.2 Å². The molecule has 1 aromatic heterocycles. The number of rotatable bonds is 8. The fourth-order valence-corrected chi connectivity index (χ4v) is 13.1. The summed E-state index contributed by atoms with van der Waals surface area (Å²) < 4.78 is 7.67. The zero-order chi connectivity index (χ0) is 48.8. The fourth-order valence-electron chi connectivity index (χ4n) is 13.1. The van der Waals surface area contributed by atoms with Crippen molar-refractivity contribution in [2.24, 2.45) is 0 Å². The molecule has 2 aliphatic carbocycles. The molecule has 0 saturated heterocycles. The zero-order valence-electron chi connectivity index (χ0n) is 45.1. The minimum atomic E-state index is -0.0997. The smallest absolute Gasteiger partial charge is 0.297 e. The van der Waals surface area contributed by atoms with Gasteiger partial charge in [0.2, 0.25) is 0 Å². The van der Waals surface area contributed by atoms with Gasteiger partial charge in [0, 0.05) is 33.8 Å². The van der Waals surface area contributed by atoms with Crippen molar-refractivity contribution < 1.29 is 4.42 Å². The maximum Gasteiger partial charge on any atom is 0.297 e. The van der Waals surface area contributed by atoms with Gasteiger partial charge in [-0.3, -0.25) is 0 Å². The number of nitrogens with zero attached hydrogens (tertiary/aromatic N) is 2. The van der Waals surface area contributed by atoms with Crippen molar-refractivity contribution in [2.45, 2.75) is 207 Å². The lowest BCUT2D eigenvalue weighted by atomic mass is 9.35. The molecule has 0 atom stereocenters. The molecule has 3 heterocycles. The summed E-state index contributed by atoms with van der Waals surface area (Å²) >= 11 is 0. The first kappa shape index (κ1) is 47.0. The van der Waals surface area contributed by atoms with Gasteiger partial charge in [0.25, 0.3) is 6.71 Å². The van der Waals surface area contributed by atoms with E-state index >= 15 is 0 Å². The molecule has 6 aromatic rings. The molecule has 0 bridgehead atoms. The molecule has 0 N–H and O–H groups in total. The molecule has 0 unspecified atom stereocenters. The van der Waals surface area contributed by atoms with Crippen molar-refractivity contribution in [3.63, 3.8) is 0 Å². The molecule has 0 amide bonds. The first-order valence-corrected chi connectivity index (χ1v) is 26.6. The van der Waals surface area contributed by atoms with E-state index in [1.54, 1.807) is 0 Å². The summed E-state index contributed by atoms with van der Waals surface area (Å²) in [5, 5.41) is 1.23. The van der Waals surface area contributed by atoms with Crippen molar-refractivity contribution in [1.82, 2.24) is 0 Å². The Bertz CT molecular complexity index is 3000. The molecule has 3 nitrogen and oxygen atoms in total. The summed E-state index contributed by atoms with van der Waals surface area (Å²) in [6, 6.07) is 32.5. The van der Waals surface area contributed by atoms with Gasteiger partial charge in [-0.1, -0.05) is 155 Å². The number of aryl methyl sites for hydroxylation is 1. The molecule has 4 heteroatoms. The lowest BCUT2D eigenvalue weighted by molar-refractivity contribution is 0.332. The maximum atomic E-state index is 7.67. The number of hydrogen-bond acceptors (Lipinski definition) is 3. The van der Waals surface area contributed by atoms with E-state index in [0.29, 0.717) is 5.92 Å². The van der Waals surface area contributed by atoms with Gasteiger partial charge in [0.05, 0.1) is 11.3 Å². The maximum absolute atomic E-state index is 7.67. The molecule has 10 rings (SSSR count). The van der Waals surface area contributed by atoms with Crippen molar-refractivity contribution in [1.29, 1.82) is 0 Å². The first-order valence-electron chi connectivity index (χ1n) is 26.6. The number of furan rings is 1. The Labute approximate surface area is 411 Å². The van der Waals surface area contributed by atoms with Crippen molar-refractivity contribution >= 4 is 68.4 Å². The van der Waals surface area contributed by atoms with E-state index in [1.807, 2.05) is 0 Å². The van der Waals surface area contributed by atoms with E-state index in [9.17, 15) is 0 Å². The lowest BCUT2D eigenvalue weighted by Gasteiger charge is -2.45. The molecule has 68 heavy (non-hydrogen) atoms. The van der Waals surface area contributed by atoms with Crippen LogP contribution in [0.5, 0.6) is 0 Å². The second-order valence-electron chi connectivity index (χ2n) is 26.4. The Morgan fingerprint density at radius 3 is 1.79 bits per heavy atom. The quantitative estimate of drug-likeness (QED) is 0.142. The minimum absolute atomic E-state index is 0.0388. The highest BCUT2D eigenvalue weighted by atomic mass is 16.3. The highest BCUT2D eigenvalue weighted by Gasteiger charge is 2.49. The van der Waals surface area contributed by atoms with E-state index in [-0.39, 0.29) is 39.2 Å². The molecule has 0 radical (unpaired) electrons. The molecule has 0 saturated carbocycles. The summed E-state index contributed by atoms with van der Waals surface area (Å²) in [7, 11) is 0. The average Bonchev–Trinajstić information content (AvgIpc) is 3.65. The number of fused-ring (bicyclic) bond motifs is 8. The summed E-state index contributed by atoms with van der Waals surface area (Å²) in [6.07, 6.45) is 9.33.